The topological polar surface area (TPSA) is 78.5 Å². The molecule has 0 atom stereocenters. The van der Waals surface area contributed by atoms with Gasteiger partial charge in [-0.2, -0.15) is 0 Å². The molecule has 39 heavy (non-hydrogen) atoms. The first-order valence-corrected chi connectivity index (χ1v) is 13.5. The standard InChI is InChI=1S/C33H39N3O3/c1-21-19-28(36-18-8-9-29(36)37)27(35-31(39)23-12-16-25(17-13-23)33(5,6)7)20-26(21)34-30(38)22-10-14-24(15-11-22)32(2,3)4/h10-17,19-20H,8-9,18H2,1-7H3,(H,34,38)(H,35,39). The zero-order valence-corrected chi connectivity index (χ0v) is 24.1. The summed E-state index contributed by atoms with van der Waals surface area (Å²) in [5.74, 6) is -0.490. The second-order valence-corrected chi connectivity index (χ2v) is 12.4. The molecule has 4 rings (SSSR count). The molecule has 0 radical (unpaired) electrons. The molecule has 1 aliphatic rings. The number of benzene rings is 3. The van der Waals surface area contributed by atoms with E-state index in [0.29, 0.717) is 41.2 Å². The zero-order valence-electron chi connectivity index (χ0n) is 24.1. The quantitative estimate of drug-likeness (QED) is 0.369. The maximum Gasteiger partial charge on any atom is 0.255 e. The van der Waals surface area contributed by atoms with Crippen LogP contribution in [0.5, 0.6) is 0 Å². The van der Waals surface area contributed by atoms with Crippen molar-refractivity contribution in [1.82, 2.24) is 0 Å². The number of amides is 3. The summed E-state index contributed by atoms with van der Waals surface area (Å²) in [4.78, 5) is 40.7. The third-order valence-corrected chi connectivity index (χ3v) is 7.23. The Morgan fingerprint density at radius 3 is 1.59 bits per heavy atom. The number of hydrogen-bond acceptors (Lipinski definition) is 3. The fourth-order valence-corrected chi connectivity index (χ4v) is 4.69. The van der Waals surface area contributed by atoms with E-state index in [0.717, 1.165) is 23.1 Å². The van der Waals surface area contributed by atoms with Crippen LogP contribution in [0.4, 0.5) is 17.1 Å². The summed E-state index contributed by atoms with van der Waals surface area (Å²) in [6, 6.07) is 18.8. The van der Waals surface area contributed by atoms with Gasteiger partial charge in [0, 0.05) is 29.8 Å². The van der Waals surface area contributed by atoms with Gasteiger partial charge < -0.3 is 15.5 Å². The largest absolute Gasteiger partial charge is 0.322 e. The van der Waals surface area contributed by atoms with Crippen LogP contribution in [0.25, 0.3) is 0 Å². The first-order valence-electron chi connectivity index (χ1n) is 13.5. The van der Waals surface area contributed by atoms with Gasteiger partial charge in [0.15, 0.2) is 0 Å². The average molecular weight is 526 g/mol. The number of hydrogen-bond donors (Lipinski definition) is 2. The van der Waals surface area contributed by atoms with Crippen LogP contribution in [0, 0.1) is 6.92 Å². The Morgan fingerprint density at radius 1 is 0.718 bits per heavy atom. The van der Waals surface area contributed by atoms with Crippen molar-refractivity contribution in [2.45, 2.75) is 72.1 Å². The van der Waals surface area contributed by atoms with Crippen LogP contribution in [-0.4, -0.2) is 24.3 Å². The molecule has 0 aromatic heterocycles. The highest BCUT2D eigenvalue weighted by Crippen LogP contribution is 2.35. The van der Waals surface area contributed by atoms with Crippen molar-refractivity contribution in [3.63, 3.8) is 0 Å². The third-order valence-electron chi connectivity index (χ3n) is 7.23. The van der Waals surface area contributed by atoms with E-state index in [1.165, 1.54) is 0 Å². The first-order chi connectivity index (χ1) is 18.2. The van der Waals surface area contributed by atoms with E-state index in [4.69, 9.17) is 0 Å². The zero-order chi connectivity index (χ0) is 28.5. The van der Waals surface area contributed by atoms with Crippen LogP contribution in [0.3, 0.4) is 0 Å². The Hall–Kier alpha value is -3.93. The molecule has 0 unspecified atom stereocenters. The lowest BCUT2D eigenvalue weighted by Gasteiger charge is -2.23. The molecular formula is C33H39N3O3. The third kappa shape index (κ3) is 6.39. The number of nitrogens with zero attached hydrogens (tertiary/aromatic N) is 1. The van der Waals surface area contributed by atoms with Crippen molar-refractivity contribution in [2.24, 2.45) is 0 Å². The monoisotopic (exact) mass is 525 g/mol. The van der Waals surface area contributed by atoms with Crippen LogP contribution in [0.1, 0.15) is 91.8 Å². The lowest BCUT2D eigenvalue weighted by Crippen LogP contribution is -2.26. The maximum atomic E-state index is 13.3. The van der Waals surface area contributed by atoms with Gasteiger partial charge >= 0.3 is 0 Å². The minimum atomic E-state index is -0.276. The number of carbonyl (C=O) groups excluding carboxylic acids is 3. The Kier molecular flexibility index (Phi) is 7.69. The minimum absolute atomic E-state index is 0.00535. The van der Waals surface area contributed by atoms with Gasteiger partial charge in [0.1, 0.15) is 0 Å². The fraction of sp³-hybridized carbons (Fsp3) is 0.364. The summed E-state index contributed by atoms with van der Waals surface area (Å²) < 4.78 is 0. The summed E-state index contributed by atoms with van der Waals surface area (Å²) >= 11 is 0. The van der Waals surface area contributed by atoms with Gasteiger partial charge in [-0.15, -0.1) is 0 Å². The summed E-state index contributed by atoms with van der Waals surface area (Å²) in [5.41, 5.74) is 5.84. The molecule has 0 spiro atoms. The van der Waals surface area contributed by atoms with Crippen molar-refractivity contribution < 1.29 is 14.4 Å². The van der Waals surface area contributed by atoms with Crippen LogP contribution >= 0.6 is 0 Å². The number of carbonyl (C=O) groups is 3. The molecule has 3 amide bonds. The van der Waals surface area contributed by atoms with E-state index in [-0.39, 0.29) is 28.6 Å². The molecule has 204 valence electrons. The summed E-state index contributed by atoms with van der Waals surface area (Å²) in [6.07, 6.45) is 1.24. The van der Waals surface area contributed by atoms with E-state index >= 15 is 0 Å². The highest BCUT2D eigenvalue weighted by molar-refractivity contribution is 6.10. The van der Waals surface area contributed by atoms with Crippen LogP contribution in [-0.2, 0) is 15.6 Å². The maximum absolute atomic E-state index is 13.3. The Labute approximate surface area is 231 Å². The second-order valence-electron chi connectivity index (χ2n) is 12.4. The van der Waals surface area contributed by atoms with E-state index in [9.17, 15) is 14.4 Å². The molecule has 3 aromatic carbocycles. The van der Waals surface area contributed by atoms with E-state index in [2.05, 4.69) is 52.2 Å². The SMILES string of the molecule is Cc1cc(N2CCCC2=O)c(NC(=O)c2ccc(C(C)(C)C)cc2)cc1NC(=O)c1ccc(C(C)(C)C)cc1. The van der Waals surface area contributed by atoms with Gasteiger partial charge in [-0.3, -0.25) is 14.4 Å². The van der Waals surface area contributed by atoms with Crippen molar-refractivity contribution in [1.29, 1.82) is 0 Å². The molecule has 0 aliphatic carbocycles. The van der Waals surface area contributed by atoms with Crippen molar-refractivity contribution in [3.8, 4) is 0 Å². The smallest absolute Gasteiger partial charge is 0.255 e. The van der Waals surface area contributed by atoms with Gasteiger partial charge in [-0.05, 0) is 77.3 Å². The van der Waals surface area contributed by atoms with E-state index in [1.54, 1.807) is 11.0 Å². The highest BCUT2D eigenvalue weighted by atomic mass is 16.2. The Balaban J connectivity index is 1.63. The summed E-state index contributed by atoms with van der Waals surface area (Å²) in [6.45, 7) is 15.3. The van der Waals surface area contributed by atoms with Gasteiger partial charge in [0.05, 0.1) is 11.4 Å². The van der Waals surface area contributed by atoms with E-state index in [1.807, 2.05) is 61.5 Å². The predicted molar refractivity (Wildman–Crippen MR) is 159 cm³/mol. The fourth-order valence-electron chi connectivity index (χ4n) is 4.69. The average Bonchev–Trinajstić information content (AvgIpc) is 3.30. The first kappa shape index (κ1) is 28.1. The van der Waals surface area contributed by atoms with Gasteiger partial charge in [0.25, 0.3) is 11.8 Å². The normalized spacial score (nSPS) is 13.9. The number of anilines is 3. The lowest BCUT2D eigenvalue weighted by molar-refractivity contribution is -0.117. The van der Waals surface area contributed by atoms with Crippen molar-refractivity contribution in [3.05, 3.63) is 88.5 Å². The lowest BCUT2D eigenvalue weighted by atomic mass is 9.86. The molecule has 1 aliphatic heterocycles. The van der Waals surface area contributed by atoms with Crippen molar-refractivity contribution >= 4 is 34.8 Å². The Morgan fingerprint density at radius 2 is 1.18 bits per heavy atom. The van der Waals surface area contributed by atoms with Gasteiger partial charge in [-0.25, -0.2) is 0 Å². The predicted octanol–water partition coefficient (Wildman–Crippen LogP) is 7.22. The molecule has 1 heterocycles. The van der Waals surface area contributed by atoms with Crippen LogP contribution in [0.2, 0.25) is 0 Å². The van der Waals surface area contributed by atoms with Crippen molar-refractivity contribution in [2.75, 3.05) is 22.1 Å². The van der Waals surface area contributed by atoms with E-state index < -0.39 is 0 Å². The molecule has 0 bridgehead atoms. The second kappa shape index (κ2) is 10.7. The van der Waals surface area contributed by atoms with Crippen LogP contribution < -0.4 is 15.5 Å². The summed E-state index contributed by atoms with van der Waals surface area (Å²) in [7, 11) is 0. The molecule has 6 nitrogen and oxygen atoms in total. The number of rotatable bonds is 5. The molecule has 6 heteroatoms. The molecule has 1 saturated heterocycles. The summed E-state index contributed by atoms with van der Waals surface area (Å²) in [5, 5.41) is 6.00. The number of aryl methyl sites for hydroxylation is 1. The Bertz CT molecular complexity index is 1390. The molecule has 0 saturated carbocycles. The minimum Gasteiger partial charge on any atom is -0.322 e. The highest BCUT2D eigenvalue weighted by Gasteiger charge is 2.26. The molecular weight excluding hydrogens is 486 g/mol. The molecule has 2 N–H and O–H groups in total. The van der Waals surface area contributed by atoms with Gasteiger partial charge in [-0.1, -0.05) is 65.8 Å². The molecule has 1 fully saturated rings. The van der Waals surface area contributed by atoms with Gasteiger partial charge in [0.2, 0.25) is 5.91 Å². The number of nitrogens with one attached hydrogen (secondary N) is 2. The molecule has 3 aromatic rings. The van der Waals surface area contributed by atoms with Crippen LogP contribution in [0.15, 0.2) is 60.7 Å².